The molecule has 1 aromatic carbocycles. The average molecular weight is 403 g/mol. The van der Waals surface area contributed by atoms with Crippen molar-refractivity contribution in [3.8, 4) is 0 Å². The van der Waals surface area contributed by atoms with Gasteiger partial charge in [-0.2, -0.15) is 4.98 Å². The first-order valence-corrected chi connectivity index (χ1v) is 9.13. The van der Waals surface area contributed by atoms with Crippen molar-refractivity contribution in [3.05, 3.63) is 51.0 Å². The van der Waals surface area contributed by atoms with Gasteiger partial charge in [-0.3, -0.25) is 4.57 Å². The highest BCUT2D eigenvalue weighted by Gasteiger charge is 2.15. The Morgan fingerprint density at radius 2 is 2.16 bits per heavy atom. The number of nitrogens with zero attached hydrogens (tertiary/aromatic N) is 3. The van der Waals surface area contributed by atoms with E-state index in [1.54, 1.807) is 10.8 Å². The third-order valence-corrected chi connectivity index (χ3v) is 5.00. The van der Waals surface area contributed by atoms with Gasteiger partial charge in [0, 0.05) is 11.0 Å². The number of halogens is 1. The van der Waals surface area contributed by atoms with Crippen LogP contribution in [0.15, 0.2) is 39.7 Å². The van der Waals surface area contributed by atoms with Crippen molar-refractivity contribution in [2.24, 2.45) is 5.92 Å². The van der Waals surface area contributed by atoms with Crippen LogP contribution in [0.4, 0.5) is 5.95 Å². The summed E-state index contributed by atoms with van der Waals surface area (Å²) in [6, 6.07) is 7.91. The number of aromatic amines is 1. The minimum absolute atomic E-state index is 0.177. The molecule has 1 atom stereocenters. The Bertz CT molecular complexity index is 926. The fourth-order valence-corrected chi connectivity index (χ4v) is 3.34. The molecule has 1 fully saturated rings. The van der Waals surface area contributed by atoms with Crippen molar-refractivity contribution in [2.75, 3.05) is 25.0 Å². The van der Waals surface area contributed by atoms with Gasteiger partial charge in [0.2, 0.25) is 5.95 Å². The van der Waals surface area contributed by atoms with Crippen molar-refractivity contribution in [3.63, 3.8) is 0 Å². The monoisotopic (exact) mass is 402 g/mol. The van der Waals surface area contributed by atoms with E-state index in [0.29, 0.717) is 29.6 Å². The molecule has 3 heterocycles. The van der Waals surface area contributed by atoms with E-state index >= 15 is 0 Å². The third-order valence-electron chi connectivity index (χ3n) is 4.48. The van der Waals surface area contributed by atoms with Crippen LogP contribution in [0.1, 0.15) is 12.0 Å². The summed E-state index contributed by atoms with van der Waals surface area (Å²) in [5.41, 5.74) is 2.13. The molecule has 2 aromatic heterocycles. The minimum Gasteiger partial charge on any atom is -0.354 e. The van der Waals surface area contributed by atoms with Gasteiger partial charge in [-0.05, 0) is 43.1 Å². The summed E-state index contributed by atoms with van der Waals surface area (Å²) in [7, 11) is 0. The number of benzene rings is 1. The molecule has 7 nitrogen and oxygen atoms in total. The number of hydrogen-bond acceptors (Lipinski definition) is 5. The van der Waals surface area contributed by atoms with E-state index in [2.05, 4.69) is 41.5 Å². The molecule has 1 saturated heterocycles. The van der Waals surface area contributed by atoms with Gasteiger partial charge in [-0.25, -0.2) is 9.78 Å². The highest BCUT2D eigenvalue weighted by atomic mass is 79.9. The van der Waals surface area contributed by atoms with E-state index in [1.807, 2.05) is 24.3 Å². The molecule has 0 bridgehead atoms. The Kier molecular flexibility index (Phi) is 4.54. The second-order valence-corrected chi connectivity index (χ2v) is 7.23. The van der Waals surface area contributed by atoms with Crippen molar-refractivity contribution in [1.29, 1.82) is 0 Å². The van der Waals surface area contributed by atoms with E-state index in [-0.39, 0.29) is 5.69 Å². The number of rotatable bonds is 5. The lowest BCUT2D eigenvalue weighted by Gasteiger charge is -2.10. The van der Waals surface area contributed by atoms with Crippen LogP contribution in [0.5, 0.6) is 0 Å². The molecule has 3 aromatic rings. The molecule has 3 N–H and O–H groups in total. The van der Waals surface area contributed by atoms with Gasteiger partial charge >= 0.3 is 5.69 Å². The summed E-state index contributed by atoms with van der Waals surface area (Å²) in [4.78, 5) is 24.0. The normalized spacial score (nSPS) is 17.2. The zero-order valence-electron chi connectivity index (χ0n) is 13.6. The van der Waals surface area contributed by atoms with Crippen LogP contribution in [0, 0.1) is 5.92 Å². The second-order valence-electron chi connectivity index (χ2n) is 6.31. The van der Waals surface area contributed by atoms with E-state index < -0.39 is 0 Å². The van der Waals surface area contributed by atoms with Crippen LogP contribution < -0.4 is 16.3 Å². The summed E-state index contributed by atoms with van der Waals surface area (Å²) in [6.07, 6.45) is 2.82. The number of hydrogen-bond donors (Lipinski definition) is 3. The Morgan fingerprint density at radius 1 is 1.32 bits per heavy atom. The molecule has 1 aliphatic rings. The third kappa shape index (κ3) is 3.59. The van der Waals surface area contributed by atoms with E-state index in [0.717, 1.165) is 36.1 Å². The summed E-state index contributed by atoms with van der Waals surface area (Å²) in [6.45, 7) is 3.39. The predicted molar refractivity (Wildman–Crippen MR) is 101 cm³/mol. The maximum atomic E-state index is 12.3. The molecule has 0 unspecified atom stereocenters. The second kappa shape index (κ2) is 6.97. The lowest BCUT2D eigenvalue weighted by molar-refractivity contribution is 0.613. The highest BCUT2D eigenvalue weighted by Crippen LogP contribution is 2.15. The zero-order chi connectivity index (χ0) is 17.2. The van der Waals surface area contributed by atoms with Crippen LogP contribution in [0.3, 0.4) is 0 Å². The fraction of sp³-hybridized carbons (Fsp3) is 0.353. The largest absolute Gasteiger partial charge is 0.354 e. The van der Waals surface area contributed by atoms with Gasteiger partial charge in [0.05, 0.1) is 12.7 Å². The number of anilines is 1. The van der Waals surface area contributed by atoms with Crippen molar-refractivity contribution < 1.29 is 0 Å². The Labute approximate surface area is 153 Å². The molecule has 0 amide bonds. The lowest BCUT2D eigenvalue weighted by atomic mass is 10.1. The summed E-state index contributed by atoms with van der Waals surface area (Å²) >= 11 is 3.42. The molecule has 8 heteroatoms. The first-order valence-electron chi connectivity index (χ1n) is 8.33. The number of nitrogens with one attached hydrogen (secondary N) is 3. The van der Waals surface area contributed by atoms with Crippen LogP contribution in [0.2, 0.25) is 0 Å². The van der Waals surface area contributed by atoms with Gasteiger partial charge < -0.3 is 15.6 Å². The first-order chi connectivity index (χ1) is 12.2. The summed E-state index contributed by atoms with van der Waals surface area (Å²) < 4.78 is 2.65. The molecule has 0 radical (unpaired) electrons. The summed E-state index contributed by atoms with van der Waals surface area (Å²) in [5.74, 6) is 1.15. The lowest BCUT2D eigenvalue weighted by Crippen LogP contribution is -2.19. The van der Waals surface area contributed by atoms with Gasteiger partial charge in [-0.1, -0.05) is 28.1 Å². The molecule has 25 heavy (non-hydrogen) atoms. The maximum Gasteiger partial charge on any atom is 0.328 e. The van der Waals surface area contributed by atoms with Crippen molar-refractivity contribution in [1.82, 2.24) is 24.8 Å². The van der Waals surface area contributed by atoms with Crippen LogP contribution >= 0.6 is 15.9 Å². The van der Waals surface area contributed by atoms with Crippen LogP contribution in [-0.4, -0.2) is 39.2 Å². The van der Waals surface area contributed by atoms with Crippen LogP contribution in [-0.2, 0) is 6.54 Å². The Balaban J connectivity index is 1.59. The van der Waals surface area contributed by atoms with E-state index in [1.165, 1.54) is 0 Å². The quantitative estimate of drug-likeness (QED) is 0.606. The topological polar surface area (TPSA) is 87.6 Å². The minimum atomic E-state index is -0.177. The number of fused-ring (bicyclic) bond motifs is 1. The van der Waals surface area contributed by atoms with Gasteiger partial charge in [0.1, 0.15) is 5.52 Å². The maximum absolute atomic E-state index is 12.3. The number of H-pyrrole nitrogens is 1. The van der Waals surface area contributed by atoms with Crippen molar-refractivity contribution >= 4 is 33.0 Å². The molecular weight excluding hydrogens is 384 g/mol. The standard InChI is InChI=1S/C17H19BrN6O/c18-13-3-1-11(2-4-13)10-24-15-14(22-17(24)25)9-21-16(23-15)20-8-12-5-6-19-7-12/h1-4,9,12,19H,5-8,10H2,(H,22,25)(H,20,21,23)/t12-/m1/s1. The first kappa shape index (κ1) is 16.3. The van der Waals surface area contributed by atoms with E-state index in [9.17, 15) is 4.79 Å². The zero-order valence-corrected chi connectivity index (χ0v) is 15.2. The predicted octanol–water partition coefficient (Wildman–Crippen LogP) is 1.95. The average Bonchev–Trinajstić information content (AvgIpc) is 3.23. The van der Waals surface area contributed by atoms with Crippen LogP contribution in [0.25, 0.3) is 11.2 Å². The molecular formula is C17H19BrN6O. The molecule has 0 spiro atoms. The Hall–Kier alpha value is -2.19. The molecule has 0 saturated carbocycles. The fourth-order valence-electron chi connectivity index (χ4n) is 3.07. The number of aromatic nitrogens is 4. The Morgan fingerprint density at radius 3 is 2.92 bits per heavy atom. The summed E-state index contributed by atoms with van der Waals surface area (Å²) in [5, 5.41) is 6.64. The van der Waals surface area contributed by atoms with Gasteiger partial charge in [0.25, 0.3) is 0 Å². The molecule has 1 aliphatic heterocycles. The van der Waals surface area contributed by atoms with Gasteiger partial charge in [-0.15, -0.1) is 0 Å². The van der Waals surface area contributed by atoms with E-state index in [4.69, 9.17) is 0 Å². The smallest absolute Gasteiger partial charge is 0.328 e. The molecule has 0 aliphatic carbocycles. The molecule has 130 valence electrons. The van der Waals surface area contributed by atoms with Crippen molar-refractivity contribution in [2.45, 2.75) is 13.0 Å². The molecule has 4 rings (SSSR count). The number of imidazole rings is 1. The van der Waals surface area contributed by atoms with Gasteiger partial charge in [0.15, 0.2) is 5.65 Å². The highest BCUT2D eigenvalue weighted by molar-refractivity contribution is 9.10. The SMILES string of the molecule is O=c1[nH]c2cnc(NC[C@@H]3CCNC3)nc2n1Cc1ccc(Br)cc1.